The third-order valence-electron chi connectivity index (χ3n) is 2.30. The van der Waals surface area contributed by atoms with E-state index in [1.807, 2.05) is 0 Å². The number of alkyl halides is 2. The number of unbranched alkanes of at least 4 members (excludes halogenated alkanes) is 3. The van der Waals surface area contributed by atoms with Crippen molar-refractivity contribution < 1.29 is 19.0 Å². The van der Waals surface area contributed by atoms with Gasteiger partial charge < -0.3 is 9.84 Å². The summed E-state index contributed by atoms with van der Waals surface area (Å²) >= 11 is 2.59. The van der Waals surface area contributed by atoms with Crippen LogP contribution in [0.2, 0.25) is 0 Å². The lowest BCUT2D eigenvalue weighted by atomic mass is 10.1. The second kappa shape index (κ2) is 8.01. The van der Waals surface area contributed by atoms with Gasteiger partial charge in [-0.05, 0) is 29.3 Å². The molecule has 0 radical (unpaired) electrons. The average Bonchev–Trinajstić information content (AvgIpc) is 2.24. The van der Waals surface area contributed by atoms with E-state index in [2.05, 4.69) is 27.6 Å². The molecular weight excluding hydrogens is 279 g/mol. The monoisotopic (exact) mass is 298 g/mol. The lowest BCUT2D eigenvalue weighted by Crippen LogP contribution is -2.41. The van der Waals surface area contributed by atoms with Crippen molar-refractivity contribution >= 4 is 21.9 Å². The van der Waals surface area contributed by atoms with Crippen LogP contribution in [0.4, 0.5) is 4.39 Å². The molecule has 96 valence electrons. The Morgan fingerprint density at radius 3 is 2.56 bits per heavy atom. The van der Waals surface area contributed by atoms with Crippen molar-refractivity contribution in [2.45, 2.75) is 56.6 Å². The topological polar surface area (TPSA) is 46.5 Å². The lowest BCUT2D eigenvalue weighted by Gasteiger charge is -2.22. The van der Waals surface area contributed by atoms with E-state index < -0.39 is 16.7 Å². The highest BCUT2D eigenvalue weighted by atomic mass is 79.9. The standard InChI is InChI=1S/C11H20BrFO3/c1-3-5-6-7-8-9(14)11(12,13)10(15)16-4-2/h9,14H,3-8H2,1-2H3. The Balaban J connectivity index is 4.03. The molecule has 0 aliphatic carbocycles. The third kappa shape index (κ3) is 5.25. The molecule has 2 unspecified atom stereocenters. The zero-order chi connectivity index (χ0) is 12.6. The molecule has 0 saturated heterocycles. The van der Waals surface area contributed by atoms with Crippen LogP contribution in [0, 0.1) is 0 Å². The van der Waals surface area contributed by atoms with Gasteiger partial charge >= 0.3 is 5.97 Å². The predicted octanol–water partition coefficient (Wildman–Crippen LogP) is 2.94. The van der Waals surface area contributed by atoms with Gasteiger partial charge in [0.25, 0.3) is 4.58 Å². The number of carbonyl (C=O) groups is 1. The number of carbonyl (C=O) groups excluding carboxylic acids is 1. The number of aliphatic hydroxyl groups is 1. The van der Waals surface area contributed by atoms with Gasteiger partial charge in [-0.3, -0.25) is 0 Å². The smallest absolute Gasteiger partial charge is 0.357 e. The first-order valence-corrected chi connectivity index (χ1v) is 6.49. The van der Waals surface area contributed by atoms with E-state index in [4.69, 9.17) is 0 Å². The molecule has 0 bridgehead atoms. The third-order valence-corrected chi connectivity index (χ3v) is 3.15. The van der Waals surface area contributed by atoms with Gasteiger partial charge in [0.15, 0.2) is 0 Å². The SMILES string of the molecule is CCCCCCC(O)C(F)(Br)C(=O)OCC. The molecule has 1 N–H and O–H groups in total. The van der Waals surface area contributed by atoms with E-state index in [-0.39, 0.29) is 13.0 Å². The summed E-state index contributed by atoms with van der Waals surface area (Å²) in [6.07, 6.45) is 2.64. The van der Waals surface area contributed by atoms with Gasteiger partial charge in [-0.15, -0.1) is 0 Å². The molecule has 2 atom stereocenters. The number of hydrogen-bond donors (Lipinski definition) is 1. The van der Waals surface area contributed by atoms with Gasteiger partial charge in [0.2, 0.25) is 0 Å². The first-order valence-electron chi connectivity index (χ1n) is 5.69. The summed E-state index contributed by atoms with van der Waals surface area (Å²) in [4.78, 5) is 11.2. The van der Waals surface area contributed by atoms with Crippen LogP contribution in [0.5, 0.6) is 0 Å². The van der Waals surface area contributed by atoms with Crippen molar-refractivity contribution in [2.75, 3.05) is 6.61 Å². The summed E-state index contributed by atoms with van der Waals surface area (Å²) in [5, 5.41) is 9.55. The summed E-state index contributed by atoms with van der Waals surface area (Å²) in [7, 11) is 0. The van der Waals surface area contributed by atoms with Crippen LogP contribution in [0.3, 0.4) is 0 Å². The number of ether oxygens (including phenoxy) is 1. The average molecular weight is 299 g/mol. The van der Waals surface area contributed by atoms with E-state index in [1.165, 1.54) is 0 Å². The molecule has 16 heavy (non-hydrogen) atoms. The number of halogens is 2. The maximum atomic E-state index is 13.8. The molecule has 0 aromatic heterocycles. The highest BCUT2D eigenvalue weighted by molar-refractivity contribution is 9.10. The van der Waals surface area contributed by atoms with Gasteiger partial charge in [-0.25, -0.2) is 9.18 Å². The second-order valence-electron chi connectivity index (χ2n) is 3.71. The molecule has 3 nitrogen and oxygen atoms in total. The number of aliphatic hydroxyl groups excluding tert-OH is 1. The molecule has 5 heteroatoms. The Labute approximate surface area is 104 Å². The minimum absolute atomic E-state index is 0.0959. The quantitative estimate of drug-likeness (QED) is 0.426. The Morgan fingerprint density at radius 1 is 1.44 bits per heavy atom. The molecule has 0 aliphatic heterocycles. The van der Waals surface area contributed by atoms with Gasteiger partial charge in [0, 0.05) is 0 Å². The normalized spacial score (nSPS) is 16.6. The van der Waals surface area contributed by atoms with Crippen molar-refractivity contribution in [3.8, 4) is 0 Å². The Kier molecular flexibility index (Phi) is 7.93. The summed E-state index contributed by atoms with van der Waals surface area (Å²) in [5.74, 6) is -1.06. The van der Waals surface area contributed by atoms with E-state index in [0.717, 1.165) is 19.3 Å². The van der Waals surface area contributed by atoms with Crippen LogP contribution >= 0.6 is 15.9 Å². The van der Waals surface area contributed by atoms with E-state index >= 15 is 0 Å². The number of esters is 1. The van der Waals surface area contributed by atoms with Crippen molar-refractivity contribution in [3.63, 3.8) is 0 Å². The molecule has 0 aromatic carbocycles. The van der Waals surface area contributed by atoms with Gasteiger partial charge in [0.1, 0.15) is 6.10 Å². The molecule has 0 aliphatic rings. The highest BCUT2D eigenvalue weighted by Crippen LogP contribution is 2.29. The second-order valence-corrected chi connectivity index (χ2v) is 4.86. The van der Waals surface area contributed by atoms with Crippen molar-refractivity contribution in [2.24, 2.45) is 0 Å². The van der Waals surface area contributed by atoms with E-state index in [0.29, 0.717) is 6.42 Å². The molecule has 0 aromatic rings. The van der Waals surface area contributed by atoms with Crippen LogP contribution in [-0.4, -0.2) is 28.4 Å². The van der Waals surface area contributed by atoms with Crippen LogP contribution in [0.25, 0.3) is 0 Å². The minimum Gasteiger partial charge on any atom is -0.463 e. The van der Waals surface area contributed by atoms with Crippen molar-refractivity contribution in [1.29, 1.82) is 0 Å². The summed E-state index contributed by atoms with van der Waals surface area (Å²) in [6.45, 7) is 3.76. The minimum atomic E-state index is -2.48. The molecule has 0 spiro atoms. The number of hydrogen-bond acceptors (Lipinski definition) is 3. The summed E-state index contributed by atoms with van der Waals surface area (Å²) in [5.41, 5.74) is 0. The largest absolute Gasteiger partial charge is 0.463 e. The molecular formula is C11H20BrFO3. The lowest BCUT2D eigenvalue weighted by molar-refractivity contribution is -0.156. The molecule has 0 amide bonds. The van der Waals surface area contributed by atoms with E-state index in [1.54, 1.807) is 6.92 Å². The first kappa shape index (κ1) is 15.8. The van der Waals surface area contributed by atoms with Crippen LogP contribution < -0.4 is 0 Å². The highest BCUT2D eigenvalue weighted by Gasteiger charge is 2.44. The summed E-state index contributed by atoms with van der Waals surface area (Å²) < 4.78 is 15.8. The van der Waals surface area contributed by atoms with Gasteiger partial charge in [-0.2, -0.15) is 0 Å². The molecule has 0 fully saturated rings. The van der Waals surface area contributed by atoms with E-state index in [9.17, 15) is 14.3 Å². The summed E-state index contributed by atoms with van der Waals surface area (Å²) in [6, 6.07) is 0. The van der Waals surface area contributed by atoms with Crippen LogP contribution in [0.1, 0.15) is 46.0 Å². The Bertz CT molecular complexity index is 209. The van der Waals surface area contributed by atoms with Gasteiger partial charge in [-0.1, -0.05) is 32.6 Å². The Morgan fingerprint density at radius 2 is 2.06 bits per heavy atom. The zero-order valence-electron chi connectivity index (χ0n) is 9.84. The van der Waals surface area contributed by atoms with Crippen LogP contribution in [-0.2, 0) is 9.53 Å². The van der Waals surface area contributed by atoms with Crippen LogP contribution in [0.15, 0.2) is 0 Å². The Hall–Kier alpha value is -0.160. The van der Waals surface area contributed by atoms with Crippen molar-refractivity contribution in [1.82, 2.24) is 0 Å². The predicted molar refractivity (Wildman–Crippen MR) is 64.2 cm³/mol. The molecule has 0 saturated carbocycles. The maximum absolute atomic E-state index is 13.8. The molecule has 0 heterocycles. The first-order chi connectivity index (χ1) is 7.46. The fourth-order valence-electron chi connectivity index (χ4n) is 1.31. The fourth-order valence-corrected chi connectivity index (χ4v) is 1.65. The molecule has 0 rings (SSSR count). The zero-order valence-corrected chi connectivity index (χ0v) is 11.4. The van der Waals surface area contributed by atoms with Gasteiger partial charge in [0.05, 0.1) is 6.61 Å². The number of rotatable bonds is 8. The maximum Gasteiger partial charge on any atom is 0.357 e. The van der Waals surface area contributed by atoms with Crippen molar-refractivity contribution in [3.05, 3.63) is 0 Å². The fraction of sp³-hybridized carbons (Fsp3) is 0.909.